The Morgan fingerprint density at radius 3 is 2.65 bits per heavy atom. The number of methoxy groups -OCH3 is 1. The number of para-hydroxylation sites is 2. The Morgan fingerprint density at radius 1 is 1.23 bits per heavy atom. The van der Waals surface area contributed by atoms with E-state index < -0.39 is 10.8 Å². The zero-order valence-electron chi connectivity index (χ0n) is 17.0. The van der Waals surface area contributed by atoms with Crippen molar-refractivity contribution >= 4 is 46.5 Å². The summed E-state index contributed by atoms with van der Waals surface area (Å²) in [7, 11) is 4.66. The summed E-state index contributed by atoms with van der Waals surface area (Å²) in [6.45, 7) is 0. The lowest BCUT2D eigenvalue weighted by Crippen LogP contribution is -2.29. The fraction of sp³-hybridized carbons (Fsp3) is 0.143. The highest BCUT2D eigenvalue weighted by Crippen LogP contribution is 2.25. The van der Waals surface area contributed by atoms with Crippen molar-refractivity contribution in [2.24, 2.45) is 7.05 Å². The number of amides is 1. The third kappa shape index (κ3) is 4.81. The number of nitro benzene ring substituents is 1. The molecule has 0 radical (unpaired) electrons. The molecule has 1 heterocycles. The van der Waals surface area contributed by atoms with E-state index in [-0.39, 0.29) is 11.2 Å². The van der Waals surface area contributed by atoms with Crippen molar-refractivity contribution in [2.75, 3.05) is 24.8 Å². The molecule has 2 N–H and O–H groups in total. The second kappa shape index (κ2) is 9.26. The molecular weight excluding hydrogens is 420 g/mol. The molecule has 0 fully saturated rings. The van der Waals surface area contributed by atoms with Crippen LogP contribution in [-0.4, -0.2) is 29.6 Å². The van der Waals surface area contributed by atoms with E-state index in [2.05, 4.69) is 10.6 Å². The molecule has 10 heteroatoms. The largest absolute Gasteiger partial charge is 0.495 e. The number of aromatic nitrogens is 1. The first-order chi connectivity index (χ1) is 14.8. The number of carbonyl (C=O) groups excluding carboxylic acids is 1. The highest BCUT2D eigenvalue weighted by Gasteiger charge is 2.13. The lowest BCUT2D eigenvalue weighted by atomic mass is 10.1. The zero-order chi connectivity index (χ0) is 22.5. The molecule has 1 amide bonds. The van der Waals surface area contributed by atoms with Crippen molar-refractivity contribution in [3.05, 3.63) is 77.7 Å². The van der Waals surface area contributed by atoms with E-state index in [0.717, 1.165) is 11.3 Å². The summed E-state index contributed by atoms with van der Waals surface area (Å²) in [5, 5.41) is 16.8. The molecule has 0 spiro atoms. The van der Waals surface area contributed by atoms with Crippen LogP contribution in [0.3, 0.4) is 0 Å². The molecule has 0 saturated carbocycles. The highest BCUT2D eigenvalue weighted by atomic mass is 32.1. The number of thiazole rings is 1. The molecule has 0 bridgehead atoms. The van der Waals surface area contributed by atoms with Gasteiger partial charge in [0, 0.05) is 26.2 Å². The smallest absolute Gasteiger partial charge is 0.292 e. The number of ether oxygens (including phenoxy) is 1. The summed E-state index contributed by atoms with van der Waals surface area (Å²) in [6.07, 6.45) is 2.89. The number of benzene rings is 2. The van der Waals surface area contributed by atoms with Gasteiger partial charge in [0.05, 0.1) is 22.3 Å². The van der Waals surface area contributed by atoms with Gasteiger partial charge < -0.3 is 19.9 Å². The van der Waals surface area contributed by atoms with Crippen molar-refractivity contribution < 1.29 is 14.5 Å². The Hall–Kier alpha value is -3.92. The lowest BCUT2D eigenvalue weighted by molar-refractivity contribution is -0.384. The fourth-order valence-corrected chi connectivity index (χ4v) is 3.92. The second-order valence-electron chi connectivity index (χ2n) is 6.43. The predicted molar refractivity (Wildman–Crippen MR) is 121 cm³/mol. The van der Waals surface area contributed by atoms with Crippen molar-refractivity contribution in [1.29, 1.82) is 0 Å². The summed E-state index contributed by atoms with van der Waals surface area (Å²) in [5.41, 5.74) is 1.00. The van der Waals surface area contributed by atoms with Gasteiger partial charge in [-0.2, -0.15) is 0 Å². The molecule has 0 unspecified atom stereocenters. The van der Waals surface area contributed by atoms with Crippen molar-refractivity contribution in [3.63, 3.8) is 0 Å². The molecule has 0 atom stereocenters. The first-order valence-electron chi connectivity index (χ1n) is 9.13. The average molecular weight is 440 g/mol. The van der Waals surface area contributed by atoms with Gasteiger partial charge in [0.25, 0.3) is 17.2 Å². The molecule has 31 heavy (non-hydrogen) atoms. The van der Waals surface area contributed by atoms with E-state index in [0.29, 0.717) is 31.9 Å². The van der Waals surface area contributed by atoms with Crippen LogP contribution < -0.4 is 30.1 Å². The van der Waals surface area contributed by atoms with Gasteiger partial charge in [-0.15, -0.1) is 11.3 Å². The number of nitro groups is 1. The van der Waals surface area contributed by atoms with Crippen LogP contribution in [0.4, 0.5) is 17.1 Å². The van der Waals surface area contributed by atoms with E-state index >= 15 is 0 Å². The van der Waals surface area contributed by atoms with E-state index in [4.69, 9.17) is 4.74 Å². The van der Waals surface area contributed by atoms with Gasteiger partial charge in [0.1, 0.15) is 16.1 Å². The summed E-state index contributed by atoms with van der Waals surface area (Å²) < 4.78 is 7.36. The fourth-order valence-electron chi connectivity index (χ4n) is 2.89. The molecular formula is C21H20N4O5S. The average Bonchev–Trinajstić information content (AvgIpc) is 3.01. The molecule has 0 aliphatic rings. The maximum atomic E-state index is 12.6. The minimum Gasteiger partial charge on any atom is -0.495 e. The highest BCUT2D eigenvalue weighted by molar-refractivity contribution is 7.07. The number of hydrogen-bond donors (Lipinski definition) is 2. The number of nitrogens with one attached hydrogen (secondary N) is 2. The van der Waals surface area contributed by atoms with Crippen LogP contribution in [0.2, 0.25) is 0 Å². The first kappa shape index (κ1) is 21.8. The number of anilines is 2. The van der Waals surface area contributed by atoms with Gasteiger partial charge in [-0.05, 0) is 29.8 Å². The molecule has 3 rings (SSSR count). The van der Waals surface area contributed by atoms with E-state index in [9.17, 15) is 19.7 Å². The monoisotopic (exact) mass is 440 g/mol. The Morgan fingerprint density at radius 2 is 1.97 bits per heavy atom. The van der Waals surface area contributed by atoms with Crippen LogP contribution >= 0.6 is 11.3 Å². The summed E-state index contributed by atoms with van der Waals surface area (Å²) in [5.74, 6) is 0.104. The lowest BCUT2D eigenvalue weighted by Gasteiger charge is -2.07. The molecule has 1 aromatic heterocycles. The van der Waals surface area contributed by atoms with Gasteiger partial charge >= 0.3 is 0 Å². The zero-order valence-corrected chi connectivity index (χ0v) is 17.9. The Balaban J connectivity index is 1.98. The first-order valence-corrected chi connectivity index (χ1v) is 9.95. The topological polar surface area (TPSA) is 116 Å². The predicted octanol–water partition coefficient (Wildman–Crippen LogP) is 1.65. The van der Waals surface area contributed by atoms with Crippen molar-refractivity contribution in [2.45, 2.75) is 0 Å². The minimum atomic E-state index is -0.489. The minimum absolute atomic E-state index is 0.0902. The number of hydrogen-bond acceptors (Lipinski definition) is 7. The van der Waals surface area contributed by atoms with Crippen LogP contribution in [0.5, 0.6) is 5.75 Å². The van der Waals surface area contributed by atoms with Crippen LogP contribution in [-0.2, 0) is 11.8 Å². The number of rotatable bonds is 6. The SMILES string of the molecule is CNc1ccc(/C=c2\s/c(=C\C(=O)Nc3ccccc3OC)n(C)c2=O)cc1[N+](=O)[O-]. The molecule has 0 saturated heterocycles. The van der Waals surface area contributed by atoms with Crippen LogP contribution in [0, 0.1) is 10.1 Å². The maximum Gasteiger partial charge on any atom is 0.292 e. The standard InChI is InChI=1S/C21H20N4O5S/c1-22-14-9-8-13(10-16(14)25(28)29)11-18-21(27)24(2)20(31-18)12-19(26)23-15-6-4-5-7-17(15)30-3/h4-12,22H,1-3H3,(H,23,26)/b18-11-,20-12-. The summed E-state index contributed by atoms with van der Waals surface area (Å²) in [6, 6.07) is 11.6. The van der Waals surface area contributed by atoms with Crippen molar-refractivity contribution in [1.82, 2.24) is 4.57 Å². The van der Waals surface area contributed by atoms with E-state index in [1.807, 2.05) is 0 Å². The molecule has 0 aliphatic carbocycles. The molecule has 160 valence electrons. The van der Waals surface area contributed by atoms with E-state index in [1.54, 1.807) is 56.6 Å². The molecule has 2 aromatic carbocycles. The second-order valence-corrected chi connectivity index (χ2v) is 7.49. The van der Waals surface area contributed by atoms with Crippen molar-refractivity contribution in [3.8, 4) is 5.75 Å². The normalized spacial score (nSPS) is 12.0. The van der Waals surface area contributed by atoms with Gasteiger partial charge in [0.15, 0.2) is 0 Å². The van der Waals surface area contributed by atoms with Crippen LogP contribution in [0.25, 0.3) is 12.2 Å². The Kier molecular flexibility index (Phi) is 6.51. The Bertz CT molecular complexity index is 1330. The molecule has 3 aromatic rings. The van der Waals surface area contributed by atoms with Gasteiger partial charge in [-0.3, -0.25) is 19.7 Å². The Labute approximate surface area is 181 Å². The van der Waals surface area contributed by atoms with Crippen LogP contribution in [0.15, 0.2) is 47.3 Å². The third-order valence-electron chi connectivity index (χ3n) is 4.47. The number of carbonyl (C=O) groups is 1. The third-order valence-corrected chi connectivity index (χ3v) is 5.58. The van der Waals surface area contributed by atoms with Gasteiger partial charge in [0.2, 0.25) is 0 Å². The quantitative estimate of drug-likeness (QED) is 0.445. The van der Waals surface area contributed by atoms with Crippen LogP contribution in [0.1, 0.15) is 5.56 Å². The van der Waals surface area contributed by atoms with Gasteiger partial charge in [-0.1, -0.05) is 18.2 Å². The summed E-state index contributed by atoms with van der Waals surface area (Å²) >= 11 is 1.12. The molecule has 9 nitrogen and oxygen atoms in total. The summed E-state index contributed by atoms with van der Waals surface area (Å²) in [4.78, 5) is 35.8. The maximum absolute atomic E-state index is 12.6. The van der Waals surface area contributed by atoms with Gasteiger partial charge in [-0.25, -0.2) is 0 Å². The molecule has 0 aliphatic heterocycles. The number of nitrogens with zero attached hydrogens (tertiary/aromatic N) is 2. The van der Waals surface area contributed by atoms with E-state index in [1.165, 1.54) is 23.8 Å².